The Morgan fingerprint density at radius 2 is 1.93 bits per heavy atom. The zero-order valence-electron chi connectivity index (χ0n) is 15.6. The van der Waals surface area contributed by atoms with Crippen molar-refractivity contribution >= 4 is 22.4 Å². The van der Waals surface area contributed by atoms with Crippen LogP contribution < -0.4 is 5.32 Å². The molecule has 3 aromatic heterocycles. The van der Waals surface area contributed by atoms with Crippen molar-refractivity contribution in [1.29, 1.82) is 0 Å². The summed E-state index contributed by atoms with van der Waals surface area (Å²) in [5.74, 6) is 0.849. The molecular formula is C22H20N6. The van der Waals surface area contributed by atoms with Gasteiger partial charge in [-0.1, -0.05) is 24.3 Å². The number of para-hydroxylation sites is 1. The van der Waals surface area contributed by atoms with Crippen LogP contribution in [0.3, 0.4) is 0 Å². The van der Waals surface area contributed by atoms with Crippen LogP contribution in [0.5, 0.6) is 0 Å². The predicted octanol–water partition coefficient (Wildman–Crippen LogP) is 3.99. The molecule has 0 atom stereocenters. The molecule has 1 aliphatic rings. The topological polar surface area (TPSA) is 66.8 Å². The summed E-state index contributed by atoms with van der Waals surface area (Å²) < 4.78 is 0. The highest BCUT2D eigenvalue weighted by molar-refractivity contribution is 5.82. The number of rotatable bonds is 4. The molecule has 6 heteroatoms. The van der Waals surface area contributed by atoms with Crippen LogP contribution >= 0.6 is 0 Å². The molecule has 4 heterocycles. The maximum atomic E-state index is 4.53. The monoisotopic (exact) mass is 368 g/mol. The first-order valence-electron chi connectivity index (χ1n) is 9.34. The highest BCUT2D eigenvalue weighted by atomic mass is 15.2. The normalized spacial score (nSPS) is 13.6. The molecule has 0 unspecified atom stereocenters. The van der Waals surface area contributed by atoms with E-state index in [9.17, 15) is 0 Å². The highest BCUT2D eigenvalue weighted by Crippen LogP contribution is 2.29. The number of benzene rings is 1. The fourth-order valence-corrected chi connectivity index (χ4v) is 3.63. The van der Waals surface area contributed by atoms with Gasteiger partial charge in [0.1, 0.15) is 12.1 Å². The Balaban J connectivity index is 1.39. The van der Waals surface area contributed by atoms with E-state index in [1.807, 2.05) is 36.7 Å². The summed E-state index contributed by atoms with van der Waals surface area (Å²) in [7, 11) is 0. The van der Waals surface area contributed by atoms with Gasteiger partial charge in [-0.15, -0.1) is 0 Å². The third-order valence-electron chi connectivity index (χ3n) is 5.13. The number of nitrogens with one attached hydrogen (secondary N) is 1. The van der Waals surface area contributed by atoms with Crippen LogP contribution in [0, 0.1) is 6.92 Å². The minimum Gasteiger partial charge on any atom is -0.339 e. The van der Waals surface area contributed by atoms with Crippen LogP contribution in [0.25, 0.3) is 10.9 Å². The van der Waals surface area contributed by atoms with Gasteiger partial charge in [0, 0.05) is 36.8 Å². The van der Waals surface area contributed by atoms with Crippen molar-refractivity contribution in [3.05, 3.63) is 83.7 Å². The third-order valence-corrected chi connectivity index (χ3v) is 5.13. The second-order valence-electron chi connectivity index (χ2n) is 7.10. The second-order valence-corrected chi connectivity index (χ2v) is 7.10. The highest BCUT2D eigenvalue weighted by Gasteiger charge is 2.24. The minimum absolute atomic E-state index is 0.801. The summed E-state index contributed by atoms with van der Waals surface area (Å²) in [5.41, 5.74) is 6.45. The van der Waals surface area contributed by atoms with E-state index in [1.54, 1.807) is 6.33 Å². The molecule has 0 aliphatic carbocycles. The van der Waals surface area contributed by atoms with Gasteiger partial charge in [-0.3, -0.25) is 14.9 Å². The Morgan fingerprint density at radius 1 is 1.00 bits per heavy atom. The summed E-state index contributed by atoms with van der Waals surface area (Å²) in [5, 5.41) is 4.54. The van der Waals surface area contributed by atoms with Gasteiger partial charge in [0.05, 0.1) is 28.8 Å². The molecule has 0 amide bonds. The predicted molar refractivity (Wildman–Crippen MR) is 109 cm³/mol. The molecule has 6 nitrogen and oxygen atoms in total. The quantitative estimate of drug-likeness (QED) is 0.588. The summed E-state index contributed by atoms with van der Waals surface area (Å²) in [6, 6.07) is 14.3. The van der Waals surface area contributed by atoms with Crippen molar-refractivity contribution in [3.8, 4) is 0 Å². The molecule has 0 saturated heterocycles. The van der Waals surface area contributed by atoms with Crippen LogP contribution in [-0.2, 0) is 19.6 Å². The Hall–Kier alpha value is -3.38. The number of hydrogen-bond donors (Lipinski definition) is 1. The van der Waals surface area contributed by atoms with E-state index in [2.05, 4.69) is 55.3 Å². The lowest BCUT2D eigenvalue weighted by molar-refractivity contribution is 0.270. The molecule has 1 N–H and O–H groups in total. The maximum absolute atomic E-state index is 4.53. The Bertz CT molecular complexity index is 1160. The fraction of sp³-hybridized carbons (Fsp3) is 0.182. The van der Waals surface area contributed by atoms with Crippen molar-refractivity contribution in [3.63, 3.8) is 0 Å². The Kier molecular flexibility index (Phi) is 4.18. The van der Waals surface area contributed by atoms with E-state index in [0.29, 0.717) is 0 Å². The first-order chi connectivity index (χ1) is 13.8. The number of aryl methyl sites for hydroxylation is 1. The summed E-state index contributed by atoms with van der Waals surface area (Å²) >= 11 is 0. The van der Waals surface area contributed by atoms with Crippen molar-refractivity contribution in [2.75, 3.05) is 5.32 Å². The lowest BCUT2D eigenvalue weighted by atomic mass is 10.2. The summed E-state index contributed by atoms with van der Waals surface area (Å²) in [6.07, 6.45) is 5.33. The van der Waals surface area contributed by atoms with E-state index in [0.717, 1.165) is 59.0 Å². The molecule has 28 heavy (non-hydrogen) atoms. The van der Waals surface area contributed by atoms with Gasteiger partial charge in [0.15, 0.2) is 0 Å². The molecule has 0 radical (unpaired) electrons. The lowest BCUT2D eigenvalue weighted by Crippen LogP contribution is -2.17. The average Bonchev–Trinajstić information content (AvgIpc) is 3.13. The molecular weight excluding hydrogens is 348 g/mol. The summed E-state index contributed by atoms with van der Waals surface area (Å²) in [4.78, 5) is 20.4. The van der Waals surface area contributed by atoms with Gasteiger partial charge < -0.3 is 5.32 Å². The van der Waals surface area contributed by atoms with Gasteiger partial charge in [-0.25, -0.2) is 9.97 Å². The number of aromatic nitrogens is 4. The van der Waals surface area contributed by atoms with Gasteiger partial charge >= 0.3 is 0 Å². The van der Waals surface area contributed by atoms with Gasteiger partial charge in [-0.05, 0) is 30.7 Å². The van der Waals surface area contributed by atoms with E-state index < -0.39 is 0 Å². The van der Waals surface area contributed by atoms with Gasteiger partial charge in [0.25, 0.3) is 0 Å². The number of fused-ring (bicyclic) bond motifs is 2. The third kappa shape index (κ3) is 3.18. The van der Waals surface area contributed by atoms with E-state index in [-0.39, 0.29) is 0 Å². The zero-order valence-corrected chi connectivity index (χ0v) is 15.6. The molecule has 138 valence electrons. The molecule has 0 bridgehead atoms. The van der Waals surface area contributed by atoms with E-state index >= 15 is 0 Å². The van der Waals surface area contributed by atoms with E-state index in [1.165, 1.54) is 5.56 Å². The number of pyridine rings is 2. The molecule has 5 rings (SSSR count). The largest absolute Gasteiger partial charge is 0.339 e. The molecule has 0 spiro atoms. The molecule has 0 fully saturated rings. The van der Waals surface area contributed by atoms with Crippen molar-refractivity contribution in [1.82, 2.24) is 24.8 Å². The molecule has 1 aliphatic heterocycles. The molecule has 0 saturated carbocycles. The summed E-state index contributed by atoms with van der Waals surface area (Å²) in [6.45, 7) is 4.51. The lowest BCUT2D eigenvalue weighted by Gasteiger charge is -2.15. The molecule has 4 aromatic rings. The van der Waals surface area contributed by atoms with Crippen LogP contribution in [0.1, 0.15) is 22.5 Å². The zero-order chi connectivity index (χ0) is 18.9. The second kappa shape index (κ2) is 6.98. The van der Waals surface area contributed by atoms with Crippen molar-refractivity contribution < 1.29 is 0 Å². The maximum Gasteiger partial charge on any atom is 0.138 e. The first kappa shape index (κ1) is 16.8. The van der Waals surface area contributed by atoms with Crippen molar-refractivity contribution in [2.24, 2.45) is 0 Å². The van der Waals surface area contributed by atoms with Crippen LogP contribution in [0.2, 0.25) is 0 Å². The SMILES string of the molecule is Cc1cccnc1CN1Cc2ncnc(Nc3cnc4ccccc4c3)c2C1. The fourth-order valence-electron chi connectivity index (χ4n) is 3.63. The van der Waals surface area contributed by atoms with Crippen LogP contribution in [0.15, 0.2) is 61.2 Å². The van der Waals surface area contributed by atoms with Crippen LogP contribution in [0.4, 0.5) is 11.5 Å². The molecule has 1 aromatic carbocycles. The Morgan fingerprint density at radius 3 is 2.86 bits per heavy atom. The smallest absolute Gasteiger partial charge is 0.138 e. The number of anilines is 2. The standard InChI is InChI=1S/C22H20N6/c1-15-5-4-8-23-20(15)12-28-11-18-21(13-28)25-14-26-22(18)27-17-9-16-6-2-3-7-19(16)24-10-17/h2-10,14H,11-13H2,1H3,(H,25,26,27). The Labute approximate surface area is 163 Å². The average molecular weight is 368 g/mol. The number of hydrogen-bond acceptors (Lipinski definition) is 6. The van der Waals surface area contributed by atoms with Crippen LogP contribution in [-0.4, -0.2) is 24.8 Å². The first-order valence-corrected chi connectivity index (χ1v) is 9.34. The van der Waals surface area contributed by atoms with Gasteiger partial charge in [-0.2, -0.15) is 0 Å². The van der Waals surface area contributed by atoms with Crippen molar-refractivity contribution in [2.45, 2.75) is 26.6 Å². The number of nitrogens with zero attached hydrogens (tertiary/aromatic N) is 5. The minimum atomic E-state index is 0.801. The van der Waals surface area contributed by atoms with E-state index in [4.69, 9.17) is 0 Å². The van der Waals surface area contributed by atoms with Gasteiger partial charge in [0.2, 0.25) is 0 Å².